The van der Waals surface area contributed by atoms with Gasteiger partial charge in [-0.2, -0.15) is 0 Å². The summed E-state index contributed by atoms with van der Waals surface area (Å²) in [5.74, 6) is 3.01. The molecule has 0 N–H and O–H groups in total. The molecule has 0 spiro atoms. The van der Waals surface area contributed by atoms with Crippen LogP contribution in [0.15, 0.2) is 115 Å². The molecule has 0 unspecified atom stereocenters. The summed E-state index contributed by atoms with van der Waals surface area (Å²) in [7, 11) is -2.22. The molecule has 0 heterocycles. The summed E-state index contributed by atoms with van der Waals surface area (Å²) in [6.07, 6.45) is 0. The molecule has 0 fully saturated rings. The van der Waals surface area contributed by atoms with Gasteiger partial charge in [-0.15, -0.1) is 0 Å². The van der Waals surface area contributed by atoms with Gasteiger partial charge in [0.25, 0.3) is 0 Å². The fourth-order valence-electron chi connectivity index (χ4n) is 3.31. The van der Waals surface area contributed by atoms with Gasteiger partial charge in [0, 0.05) is 5.56 Å². The minimum Gasteiger partial charge on any atom is -1.00 e. The van der Waals surface area contributed by atoms with Crippen LogP contribution in [0, 0.1) is 17.4 Å². The van der Waals surface area contributed by atoms with Crippen molar-refractivity contribution < 1.29 is 21.4 Å². The molecule has 3 heteroatoms. The maximum atomic E-state index is 13.7. The fraction of sp³-hybridized carbons (Fsp3) is 0. The summed E-state index contributed by atoms with van der Waals surface area (Å²) in [6.45, 7) is 0. The minimum absolute atomic E-state index is 0. The molecule has 4 rings (SSSR count). The molecule has 142 valence electrons. The van der Waals surface area contributed by atoms with Gasteiger partial charge in [-0.25, -0.2) is 4.39 Å². The predicted octanol–water partition coefficient (Wildman–Crippen LogP) is 2.13. The Kier molecular flexibility index (Phi) is 6.99. The van der Waals surface area contributed by atoms with Crippen molar-refractivity contribution in [3.8, 4) is 11.6 Å². The lowest BCUT2D eigenvalue weighted by molar-refractivity contribution is -0.00000596. The molecule has 29 heavy (non-hydrogen) atoms. The zero-order chi connectivity index (χ0) is 19.2. The van der Waals surface area contributed by atoms with Crippen molar-refractivity contribution in [1.82, 2.24) is 0 Å². The number of halogens is 2. The molecule has 0 amide bonds. The van der Waals surface area contributed by atoms with Crippen LogP contribution in [-0.2, 0) is 0 Å². The van der Waals surface area contributed by atoms with Crippen molar-refractivity contribution in [1.29, 1.82) is 0 Å². The van der Waals surface area contributed by atoms with Crippen LogP contribution in [0.4, 0.5) is 4.39 Å². The van der Waals surface area contributed by atoms with E-state index in [1.165, 1.54) is 28.0 Å². The second-order valence-electron chi connectivity index (χ2n) is 6.42. The highest BCUT2D eigenvalue weighted by Crippen LogP contribution is 2.54. The molecule has 0 aliphatic heterocycles. The van der Waals surface area contributed by atoms with Crippen LogP contribution in [0.2, 0.25) is 0 Å². The quantitative estimate of drug-likeness (QED) is 0.324. The van der Waals surface area contributed by atoms with Gasteiger partial charge < -0.3 is 17.0 Å². The summed E-state index contributed by atoms with van der Waals surface area (Å²) >= 11 is 0. The molecule has 0 aliphatic rings. The van der Waals surface area contributed by atoms with E-state index in [9.17, 15) is 4.39 Å². The Labute approximate surface area is 182 Å². The van der Waals surface area contributed by atoms with Crippen LogP contribution in [-0.4, -0.2) is 0 Å². The highest BCUT2D eigenvalue weighted by Gasteiger charge is 2.44. The zero-order valence-corrected chi connectivity index (χ0v) is 18.2. The molecular formula is C26H19BrFP. The lowest BCUT2D eigenvalue weighted by atomic mass is 10.2. The molecule has 0 nitrogen and oxygen atoms in total. The van der Waals surface area contributed by atoms with E-state index in [2.05, 4.69) is 84.4 Å². The van der Waals surface area contributed by atoms with E-state index in [0.717, 1.165) is 0 Å². The lowest BCUT2D eigenvalue weighted by Gasteiger charge is -2.21. The maximum absolute atomic E-state index is 13.7. The van der Waals surface area contributed by atoms with E-state index in [4.69, 9.17) is 0 Å². The van der Waals surface area contributed by atoms with Crippen molar-refractivity contribution in [3.63, 3.8) is 0 Å². The molecular weight excluding hydrogens is 442 g/mol. The third-order valence-corrected chi connectivity index (χ3v) is 8.29. The van der Waals surface area contributed by atoms with Crippen LogP contribution in [0.5, 0.6) is 0 Å². The van der Waals surface area contributed by atoms with E-state index in [1.54, 1.807) is 6.07 Å². The van der Waals surface area contributed by atoms with Crippen LogP contribution >= 0.6 is 7.26 Å². The molecule has 0 radical (unpaired) electrons. The van der Waals surface area contributed by atoms with Crippen LogP contribution in [0.25, 0.3) is 0 Å². The van der Waals surface area contributed by atoms with E-state index in [-0.39, 0.29) is 22.8 Å². The third kappa shape index (κ3) is 4.48. The van der Waals surface area contributed by atoms with Crippen LogP contribution < -0.4 is 32.9 Å². The molecule has 0 aliphatic carbocycles. The second-order valence-corrected chi connectivity index (χ2v) is 9.54. The van der Waals surface area contributed by atoms with Gasteiger partial charge in [0.05, 0.1) is 5.66 Å². The average Bonchev–Trinajstić information content (AvgIpc) is 2.77. The largest absolute Gasteiger partial charge is 1.00 e. The van der Waals surface area contributed by atoms with Crippen molar-refractivity contribution in [2.24, 2.45) is 0 Å². The summed E-state index contributed by atoms with van der Waals surface area (Å²) in [4.78, 5) is 0. The monoisotopic (exact) mass is 460 g/mol. The first-order valence-electron chi connectivity index (χ1n) is 9.14. The number of benzene rings is 4. The van der Waals surface area contributed by atoms with Crippen molar-refractivity contribution in [2.75, 3.05) is 0 Å². The molecule has 0 saturated carbocycles. The predicted molar refractivity (Wildman–Crippen MR) is 118 cm³/mol. The van der Waals surface area contributed by atoms with E-state index in [1.807, 2.05) is 24.3 Å². The van der Waals surface area contributed by atoms with Crippen molar-refractivity contribution >= 4 is 23.2 Å². The summed E-state index contributed by atoms with van der Waals surface area (Å²) in [5.41, 5.74) is 4.31. The van der Waals surface area contributed by atoms with Gasteiger partial charge in [0.15, 0.2) is 7.26 Å². The topological polar surface area (TPSA) is 0 Å². The van der Waals surface area contributed by atoms with Crippen molar-refractivity contribution in [3.05, 3.63) is 127 Å². The van der Waals surface area contributed by atoms with Gasteiger partial charge in [0.1, 0.15) is 21.7 Å². The van der Waals surface area contributed by atoms with E-state index < -0.39 is 7.26 Å². The zero-order valence-electron chi connectivity index (χ0n) is 15.7. The molecule has 4 aromatic rings. The number of rotatable bonds is 3. The normalized spacial score (nSPS) is 10.4. The van der Waals surface area contributed by atoms with Gasteiger partial charge in [-0.3, -0.25) is 0 Å². The summed E-state index contributed by atoms with van der Waals surface area (Å²) < 4.78 is 13.7. The Morgan fingerprint density at radius 2 is 1.00 bits per heavy atom. The van der Waals surface area contributed by atoms with Crippen molar-refractivity contribution in [2.45, 2.75) is 0 Å². The highest BCUT2D eigenvalue weighted by atomic mass is 79.9. The summed E-state index contributed by atoms with van der Waals surface area (Å²) in [6, 6.07) is 37.8. The molecule has 4 aromatic carbocycles. The maximum Gasteiger partial charge on any atom is 0.189 e. The lowest BCUT2D eigenvalue weighted by Crippen LogP contribution is -3.00. The van der Waals surface area contributed by atoms with E-state index >= 15 is 0 Å². The van der Waals surface area contributed by atoms with E-state index in [0.29, 0.717) is 5.56 Å². The first-order chi connectivity index (χ1) is 13.8. The Bertz CT molecular complexity index is 1020. The molecule has 0 saturated heterocycles. The van der Waals surface area contributed by atoms with Gasteiger partial charge in [-0.05, 0) is 60.5 Å². The Balaban J connectivity index is 0.00000240. The Hall–Kier alpha value is -2.72. The highest BCUT2D eigenvalue weighted by molar-refractivity contribution is 7.99. The second kappa shape index (κ2) is 9.66. The number of hydrogen-bond donors (Lipinski definition) is 0. The average molecular weight is 461 g/mol. The number of hydrogen-bond acceptors (Lipinski definition) is 0. The van der Waals surface area contributed by atoms with Gasteiger partial charge >= 0.3 is 0 Å². The Morgan fingerprint density at radius 3 is 1.41 bits per heavy atom. The fourth-order valence-corrected chi connectivity index (χ4v) is 6.75. The molecule has 0 atom stereocenters. The third-order valence-electron chi connectivity index (χ3n) is 4.62. The molecule has 0 aromatic heterocycles. The molecule has 0 bridgehead atoms. The minimum atomic E-state index is -2.22. The smallest absolute Gasteiger partial charge is 0.189 e. The van der Waals surface area contributed by atoms with Crippen LogP contribution in [0.1, 0.15) is 5.56 Å². The van der Waals surface area contributed by atoms with Gasteiger partial charge in [-0.1, -0.05) is 60.7 Å². The first-order valence-corrected chi connectivity index (χ1v) is 10.9. The Morgan fingerprint density at radius 1 is 0.552 bits per heavy atom. The summed E-state index contributed by atoms with van der Waals surface area (Å²) in [5, 5.41) is 3.57. The van der Waals surface area contributed by atoms with Gasteiger partial charge in [0.2, 0.25) is 0 Å². The standard InChI is InChI=1S/C26H19FP.BrH/c27-23-12-10-11-22(21-23)19-20-28(24-13-4-1-5-14-24,25-15-6-2-7-16-25)26-17-8-3-9-18-26;/h1-18,21H;1H/q+1;/p-1. The SMILES string of the molecule is Fc1cccc(C#C[P+](c2ccccc2)(c2ccccc2)c2ccccc2)c1.[Br-]. The first kappa shape index (κ1) is 21.0. The van der Waals surface area contributed by atoms with Crippen LogP contribution in [0.3, 0.4) is 0 Å².